The first-order valence-corrected chi connectivity index (χ1v) is 6.61. The van der Waals surface area contributed by atoms with Crippen LogP contribution in [0, 0.1) is 0 Å². The fraction of sp³-hybridized carbons (Fsp3) is 0.294. The van der Waals surface area contributed by atoms with Crippen LogP contribution < -0.4 is 0 Å². The van der Waals surface area contributed by atoms with Gasteiger partial charge in [0, 0.05) is 5.56 Å². The van der Waals surface area contributed by atoms with Crippen molar-refractivity contribution in [2.75, 3.05) is 0 Å². The molecule has 2 aromatic rings. The molecule has 0 aliphatic carbocycles. The standard InChI is InChI=1S/C17H20O3/c1-17(2,3)20-11-14-13(9-10-15(18)16(14)19)12-7-5-4-6-8-12/h4-10,18-19H,11H2,1-3H3. The van der Waals surface area contributed by atoms with E-state index >= 15 is 0 Å². The Morgan fingerprint density at radius 1 is 0.950 bits per heavy atom. The Hall–Kier alpha value is -2.00. The summed E-state index contributed by atoms with van der Waals surface area (Å²) in [6, 6.07) is 13.0. The van der Waals surface area contributed by atoms with Gasteiger partial charge in [0.05, 0.1) is 12.2 Å². The lowest BCUT2D eigenvalue weighted by Crippen LogP contribution is -2.19. The summed E-state index contributed by atoms with van der Waals surface area (Å²) in [6.07, 6.45) is 0. The monoisotopic (exact) mass is 272 g/mol. The maximum absolute atomic E-state index is 10.1. The zero-order chi connectivity index (χ0) is 14.8. The first-order valence-electron chi connectivity index (χ1n) is 6.61. The van der Waals surface area contributed by atoms with E-state index in [2.05, 4.69) is 0 Å². The molecule has 0 aromatic heterocycles. The zero-order valence-corrected chi connectivity index (χ0v) is 12.1. The molecule has 0 unspecified atom stereocenters. The molecule has 20 heavy (non-hydrogen) atoms. The molecule has 106 valence electrons. The molecule has 0 atom stereocenters. The fourth-order valence-corrected chi connectivity index (χ4v) is 1.95. The van der Waals surface area contributed by atoms with Gasteiger partial charge in [-0.3, -0.25) is 0 Å². The second-order valence-corrected chi connectivity index (χ2v) is 5.73. The normalized spacial score (nSPS) is 11.6. The van der Waals surface area contributed by atoms with Gasteiger partial charge >= 0.3 is 0 Å². The average Bonchev–Trinajstić information content (AvgIpc) is 2.40. The Labute approximate surface area is 119 Å². The molecule has 0 saturated carbocycles. The zero-order valence-electron chi connectivity index (χ0n) is 12.1. The van der Waals surface area contributed by atoms with Gasteiger partial charge in [-0.05, 0) is 38.0 Å². The molecule has 2 aromatic carbocycles. The highest BCUT2D eigenvalue weighted by Crippen LogP contribution is 2.37. The van der Waals surface area contributed by atoms with Gasteiger partial charge in [0.15, 0.2) is 11.5 Å². The van der Waals surface area contributed by atoms with E-state index in [9.17, 15) is 10.2 Å². The summed E-state index contributed by atoms with van der Waals surface area (Å²) in [5, 5.41) is 19.8. The maximum atomic E-state index is 10.1. The number of phenols is 2. The largest absolute Gasteiger partial charge is 0.504 e. The molecule has 0 fully saturated rings. The Morgan fingerprint density at radius 3 is 2.20 bits per heavy atom. The van der Waals surface area contributed by atoms with Gasteiger partial charge in [-0.2, -0.15) is 0 Å². The van der Waals surface area contributed by atoms with Crippen molar-refractivity contribution in [2.45, 2.75) is 33.0 Å². The predicted molar refractivity (Wildman–Crippen MR) is 79.7 cm³/mol. The first-order chi connectivity index (χ1) is 9.38. The van der Waals surface area contributed by atoms with E-state index < -0.39 is 0 Å². The Kier molecular flexibility index (Phi) is 4.00. The van der Waals surface area contributed by atoms with Crippen LogP contribution in [0.25, 0.3) is 11.1 Å². The Bertz CT molecular complexity index is 583. The van der Waals surface area contributed by atoms with Gasteiger partial charge < -0.3 is 14.9 Å². The molecule has 0 amide bonds. The summed E-state index contributed by atoms with van der Waals surface area (Å²) in [5.41, 5.74) is 2.14. The van der Waals surface area contributed by atoms with Gasteiger partial charge in [0.2, 0.25) is 0 Å². The van der Waals surface area contributed by atoms with E-state index in [1.807, 2.05) is 51.1 Å². The molecule has 3 nitrogen and oxygen atoms in total. The van der Waals surface area contributed by atoms with Crippen molar-refractivity contribution in [1.29, 1.82) is 0 Å². The molecule has 0 heterocycles. The van der Waals surface area contributed by atoms with E-state index in [0.717, 1.165) is 11.1 Å². The quantitative estimate of drug-likeness (QED) is 0.828. The van der Waals surface area contributed by atoms with Crippen LogP contribution in [0.3, 0.4) is 0 Å². The summed E-state index contributed by atoms with van der Waals surface area (Å²) < 4.78 is 5.74. The second kappa shape index (κ2) is 5.55. The van der Waals surface area contributed by atoms with Crippen LogP contribution in [0.2, 0.25) is 0 Å². The number of ether oxygens (including phenoxy) is 1. The van der Waals surface area contributed by atoms with Crippen LogP contribution in [0.4, 0.5) is 0 Å². The van der Waals surface area contributed by atoms with Gasteiger partial charge in [-0.1, -0.05) is 36.4 Å². The summed E-state index contributed by atoms with van der Waals surface area (Å²) in [7, 11) is 0. The number of phenolic OH excluding ortho intramolecular Hbond substituents is 2. The third-order valence-electron chi connectivity index (χ3n) is 3.00. The lowest BCUT2D eigenvalue weighted by atomic mass is 9.98. The molecular formula is C17H20O3. The highest BCUT2D eigenvalue weighted by Gasteiger charge is 2.17. The molecule has 0 spiro atoms. The molecule has 2 N–H and O–H groups in total. The molecule has 0 bridgehead atoms. The minimum Gasteiger partial charge on any atom is -0.504 e. The number of benzene rings is 2. The predicted octanol–water partition coefficient (Wildman–Crippen LogP) is 4.08. The minimum absolute atomic E-state index is 0.115. The Balaban J connectivity index is 2.44. The molecule has 0 radical (unpaired) electrons. The van der Waals surface area contributed by atoms with Crippen LogP contribution >= 0.6 is 0 Å². The lowest BCUT2D eigenvalue weighted by Gasteiger charge is -2.21. The highest BCUT2D eigenvalue weighted by molar-refractivity contribution is 5.71. The molecule has 2 rings (SSSR count). The minimum atomic E-state index is -0.314. The van der Waals surface area contributed by atoms with E-state index in [1.165, 1.54) is 6.07 Å². The first kappa shape index (κ1) is 14.4. The molecule has 3 heteroatoms. The van der Waals surface area contributed by atoms with E-state index in [-0.39, 0.29) is 23.7 Å². The van der Waals surface area contributed by atoms with Crippen molar-refractivity contribution in [3.8, 4) is 22.6 Å². The van der Waals surface area contributed by atoms with Gasteiger partial charge in [-0.15, -0.1) is 0 Å². The SMILES string of the molecule is CC(C)(C)OCc1c(-c2ccccc2)ccc(O)c1O. The van der Waals surface area contributed by atoms with Gasteiger partial charge in [0.1, 0.15) is 0 Å². The third-order valence-corrected chi connectivity index (χ3v) is 3.00. The summed E-state index contributed by atoms with van der Waals surface area (Å²) >= 11 is 0. The van der Waals surface area contributed by atoms with Crippen LogP contribution in [0.15, 0.2) is 42.5 Å². The van der Waals surface area contributed by atoms with Crippen LogP contribution in [-0.2, 0) is 11.3 Å². The summed E-state index contributed by atoms with van der Waals surface area (Å²) in [5.74, 6) is -0.243. The highest BCUT2D eigenvalue weighted by atomic mass is 16.5. The van der Waals surface area contributed by atoms with Gasteiger partial charge in [0.25, 0.3) is 0 Å². The number of aromatic hydroxyl groups is 2. The van der Waals surface area contributed by atoms with Crippen molar-refractivity contribution in [3.05, 3.63) is 48.0 Å². The van der Waals surface area contributed by atoms with Gasteiger partial charge in [-0.25, -0.2) is 0 Å². The van der Waals surface area contributed by atoms with E-state index in [1.54, 1.807) is 6.07 Å². The van der Waals surface area contributed by atoms with Crippen molar-refractivity contribution in [3.63, 3.8) is 0 Å². The van der Waals surface area contributed by atoms with Crippen molar-refractivity contribution < 1.29 is 14.9 Å². The van der Waals surface area contributed by atoms with Crippen molar-refractivity contribution >= 4 is 0 Å². The van der Waals surface area contributed by atoms with Crippen molar-refractivity contribution in [2.24, 2.45) is 0 Å². The summed E-state index contributed by atoms with van der Waals surface area (Å²) in [4.78, 5) is 0. The lowest BCUT2D eigenvalue weighted by molar-refractivity contribution is -0.0155. The van der Waals surface area contributed by atoms with E-state index in [0.29, 0.717) is 5.56 Å². The number of rotatable bonds is 3. The van der Waals surface area contributed by atoms with Crippen LogP contribution in [0.5, 0.6) is 11.5 Å². The van der Waals surface area contributed by atoms with Crippen LogP contribution in [0.1, 0.15) is 26.3 Å². The van der Waals surface area contributed by atoms with Crippen molar-refractivity contribution in [1.82, 2.24) is 0 Å². The number of hydrogen-bond acceptors (Lipinski definition) is 3. The molecule has 0 aliphatic rings. The van der Waals surface area contributed by atoms with E-state index in [4.69, 9.17) is 4.74 Å². The third kappa shape index (κ3) is 3.31. The van der Waals surface area contributed by atoms with Crippen LogP contribution in [-0.4, -0.2) is 15.8 Å². The molecule has 0 aliphatic heterocycles. The molecule has 0 saturated heterocycles. The second-order valence-electron chi connectivity index (χ2n) is 5.73. The fourth-order valence-electron chi connectivity index (χ4n) is 1.95. The molecular weight excluding hydrogens is 252 g/mol. The average molecular weight is 272 g/mol. The maximum Gasteiger partial charge on any atom is 0.163 e. The Morgan fingerprint density at radius 2 is 1.60 bits per heavy atom. The smallest absolute Gasteiger partial charge is 0.163 e. The summed E-state index contributed by atoms with van der Waals surface area (Å²) in [6.45, 7) is 6.10. The number of hydrogen-bond donors (Lipinski definition) is 2. The topological polar surface area (TPSA) is 49.7 Å².